The second kappa shape index (κ2) is 10.3. The summed E-state index contributed by atoms with van der Waals surface area (Å²) in [5.74, 6) is 1.64. The number of hydrogen-bond acceptors (Lipinski definition) is 4. The maximum Gasteiger partial charge on any atom is 0.191 e. The Morgan fingerprint density at radius 1 is 1.33 bits per heavy atom. The molecule has 2 aromatic rings. The third-order valence-corrected chi connectivity index (χ3v) is 5.91. The molecule has 1 aliphatic rings. The smallest absolute Gasteiger partial charge is 0.191 e. The minimum atomic E-state index is -1.15. The first-order chi connectivity index (χ1) is 14.4. The van der Waals surface area contributed by atoms with Crippen molar-refractivity contribution in [1.82, 2.24) is 15.5 Å². The predicted molar refractivity (Wildman–Crippen MR) is 122 cm³/mol. The molecule has 0 saturated carbocycles. The van der Waals surface area contributed by atoms with Crippen molar-refractivity contribution in [2.75, 3.05) is 33.2 Å². The summed E-state index contributed by atoms with van der Waals surface area (Å²) in [4.78, 5) is 7.02. The van der Waals surface area contributed by atoms with Gasteiger partial charge in [-0.3, -0.25) is 4.90 Å². The van der Waals surface area contributed by atoms with Crippen molar-refractivity contribution in [2.24, 2.45) is 10.9 Å². The van der Waals surface area contributed by atoms with Crippen LogP contribution in [0.15, 0.2) is 52.1 Å². The quantitative estimate of drug-likeness (QED) is 0.458. The van der Waals surface area contributed by atoms with E-state index in [4.69, 9.17) is 16.0 Å². The van der Waals surface area contributed by atoms with Gasteiger partial charge in [0.25, 0.3) is 0 Å². The van der Waals surface area contributed by atoms with Crippen molar-refractivity contribution in [3.63, 3.8) is 0 Å². The van der Waals surface area contributed by atoms with E-state index in [2.05, 4.69) is 39.7 Å². The SMILES string of the molecule is CCNC(=NCC(C)(O)c1ccco1)NCC1CCCN(C)C1c1cccc(Cl)c1. The first-order valence-corrected chi connectivity index (χ1v) is 11.0. The van der Waals surface area contributed by atoms with Crippen LogP contribution in [0.5, 0.6) is 0 Å². The highest BCUT2D eigenvalue weighted by Crippen LogP contribution is 2.35. The molecular formula is C23H33ClN4O2. The van der Waals surface area contributed by atoms with Gasteiger partial charge in [-0.1, -0.05) is 23.7 Å². The molecule has 3 rings (SSSR count). The molecule has 0 bridgehead atoms. The molecule has 2 heterocycles. The zero-order valence-corrected chi connectivity index (χ0v) is 18.8. The molecule has 0 spiro atoms. The van der Waals surface area contributed by atoms with E-state index < -0.39 is 5.60 Å². The Morgan fingerprint density at radius 2 is 2.17 bits per heavy atom. The minimum Gasteiger partial charge on any atom is -0.466 e. The molecular weight excluding hydrogens is 400 g/mol. The summed E-state index contributed by atoms with van der Waals surface area (Å²) in [5, 5.41) is 18.2. The van der Waals surface area contributed by atoms with E-state index in [-0.39, 0.29) is 6.54 Å². The number of benzene rings is 1. The Labute approximate surface area is 184 Å². The maximum atomic E-state index is 10.7. The first kappa shape index (κ1) is 22.7. The average molecular weight is 433 g/mol. The highest BCUT2D eigenvalue weighted by molar-refractivity contribution is 6.30. The number of nitrogens with one attached hydrogen (secondary N) is 2. The van der Waals surface area contributed by atoms with E-state index in [0.717, 1.165) is 31.1 Å². The number of hydrogen-bond donors (Lipinski definition) is 3. The van der Waals surface area contributed by atoms with Gasteiger partial charge in [0.15, 0.2) is 5.96 Å². The van der Waals surface area contributed by atoms with Crippen LogP contribution >= 0.6 is 11.6 Å². The van der Waals surface area contributed by atoms with Crippen LogP contribution in [0.3, 0.4) is 0 Å². The molecule has 1 aromatic heterocycles. The molecule has 3 N–H and O–H groups in total. The highest BCUT2D eigenvalue weighted by atomic mass is 35.5. The molecule has 0 amide bonds. The van der Waals surface area contributed by atoms with Crippen molar-refractivity contribution in [2.45, 2.75) is 38.3 Å². The molecule has 1 aromatic carbocycles. The summed E-state index contributed by atoms with van der Waals surface area (Å²) in [6, 6.07) is 12.0. The molecule has 30 heavy (non-hydrogen) atoms. The molecule has 7 heteroatoms. The number of aliphatic imine (C=N–C) groups is 1. The minimum absolute atomic E-state index is 0.206. The fraction of sp³-hybridized carbons (Fsp3) is 0.522. The second-order valence-corrected chi connectivity index (χ2v) is 8.65. The van der Waals surface area contributed by atoms with Crippen LogP contribution in [-0.4, -0.2) is 49.2 Å². The summed E-state index contributed by atoms with van der Waals surface area (Å²) >= 11 is 6.26. The average Bonchev–Trinajstić information content (AvgIpc) is 3.26. The van der Waals surface area contributed by atoms with Crippen LogP contribution in [-0.2, 0) is 5.60 Å². The predicted octanol–water partition coefficient (Wildman–Crippen LogP) is 3.78. The number of aliphatic hydroxyl groups is 1. The standard InChI is InChI=1S/C23H33ClN4O2/c1-4-25-22(27-16-23(2,29)20-11-7-13-30-20)26-15-18-9-6-12-28(3)21(18)17-8-5-10-19(24)14-17/h5,7-8,10-11,13-14,18,21,29H,4,6,9,12,15-16H2,1-3H3,(H2,25,26,27). The molecule has 1 aliphatic heterocycles. The summed E-state index contributed by atoms with van der Waals surface area (Å²) < 4.78 is 5.35. The Kier molecular flexibility index (Phi) is 7.81. The van der Waals surface area contributed by atoms with Gasteiger partial charge in [0, 0.05) is 24.2 Å². The number of halogens is 1. The lowest BCUT2D eigenvalue weighted by atomic mass is 9.85. The van der Waals surface area contributed by atoms with E-state index in [1.165, 1.54) is 12.0 Å². The third kappa shape index (κ3) is 5.78. The van der Waals surface area contributed by atoms with Gasteiger partial charge in [-0.2, -0.15) is 0 Å². The third-order valence-electron chi connectivity index (χ3n) is 5.67. The summed E-state index contributed by atoms with van der Waals surface area (Å²) in [6.45, 7) is 6.56. The van der Waals surface area contributed by atoms with Gasteiger partial charge in [-0.05, 0) is 76.0 Å². The van der Waals surface area contributed by atoms with Gasteiger partial charge in [-0.15, -0.1) is 0 Å². The lowest BCUT2D eigenvalue weighted by Gasteiger charge is -2.40. The lowest BCUT2D eigenvalue weighted by Crippen LogP contribution is -2.45. The van der Waals surface area contributed by atoms with E-state index in [9.17, 15) is 5.11 Å². The van der Waals surface area contributed by atoms with Gasteiger partial charge in [0.1, 0.15) is 11.4 Å². The van der Waals surface area contributed by atoms with Gasteiger partial charge in [0.2, 0.25) is 0 Å². The van der Waals surface area contributed by atoms with Crippen molar-refractivity contribution < 1.29 is 9.52 Å². The molecule has 3 atom stereocenters. The van der Waals surface area contributed by atoms with Crippen LogP contribution in [0, 0.1) is 5.92 Å². The number of rotatable bonds is 7. The van der Waals surface area contributed by atoms with Gasteiger partial charge in [-0.25, -0.2) is 4.99 Å². The Hall–Kier alpha value is -2.02. The van der Waals surface area contributed by atoms with Crippen LogP contribution in [0.25, 0.3) is 0 Å². The molecule has 0 radical (unpaired) electrons. The Balaban J connectivity index is 1.69. The van der Waals surface area contributed by atoms with E-state index in [0.29, 0.717) is 23.7 Å². The first-order valence-electron chi connectivity index (χ1n) is 10.6. The van der Waals surface area contributed by atoms with Crippen LogP contribution in [0.4, 0.5) is 0 Å². The topological polar surface area (TPSA) is 73.0 Å². The molecule has 1 saturated heterocycles. The number of piperidine rings is 1. The van der Waals surface area contributed by atoms with E-state index in [1.807, 2.05) is 19.1 Å². The van der Waals surface area contributed by atoms with Crippen molar-refractivity contribution in [3.8, 4) is 0 Å². The fourth-order valence-corrected chi connectivity index (χ4v) is 4.35. The number of nitrogens with zero attached hydrogens (tertiary/aromatic N) is 2. The summed E-state index contributed by atoms with van der Waals surface area (Å²) in [6.07, 6.45) is 3.87. The Morgan fingerprint density at radius 3 is 2.87 bits per heavy atom. The Bertz CT molecular complexity index is 822. The van der Waals surface area contributed by atoms with Gasteiger partial charge >= 0.3 is 0 Å². The fourth-order valence-electron chi connectivity index (χ4n) is 4.16. The normalized spacial score (nSPS) is 22.5. The van der Waals surface area contributed by atoms with Crippen molar-refractivity contribution in [3.05, 3.63) is 59.0 Å². The van der Waals surface area contributed by atoms with Gasteiger partial charge < -0.3 is 20.2 Å². The van der Waals surface area contributed by atoms with Crippen LogP contribution in [0.2, 0.25) is 5.02 Å². The molecule has 6 nitrogen and oxygen atoms in total. The van der Waals surface area contributed by atoms with E-state index in [1.54, 1.807) is 25.3 Å². The van der Waals surface area contributed by atoms with Crippen molar-refractivity contribution in [1.29, 1.82) is 0 Å². The molecule has 1 fully saturated rings. The monoisotopic (exact) mass is 432 g/mol. The number of likely N-dealkylation sites (tertiary alicyclic amines) is 1. The molecule has 164 valence electrons. The maximum absolute atomic E-state index is 10.7. The summed E-state index contributed by atoms with van der Waals surface area (Å²) in [5.41, 5.74) is 0.0967. The van der Waals surface area contributed by atoms with Crippen LogP contribution in [0.1, 0.15) is 44.1 Å². The number of guanidine groups is 1. The second-order valence-electron chi connectivity index (χ2n) is 8.21. The number of furan rings is 1. The zero-order valence-electron chi connectivity index (χ0n) is 18.1. The lowest BCUT2D eigenvalue weighted by molar-refractivity contribution is 0.0436. The molecule has 0 aliphatic carbocycles. The zero-order chi connectivity index (χ0) is 21.6. The highest BCUT2D eigenvalue weighted by Gasteiger charge is 2.31. The summed E-state index contributed by atoms with van der Waals surface area (Å²) in [7, 11) is 2.18. The molecule has 3 unspecified atom stereocenters. The van der Waals surface area contributed by atoms with Crippen LogP contribution < -0.4 is 10.6 Å². The van der Waals surface area contributed by atoms with Crippen molar-refractivity contribution >= 4 is 17.6 Å². The van der Waals surface area contributed by atoms with Gasteiger partial charge in [0.05, 0.1) is 12.8 Å². The largest absolute Gasteiger partial charge is 0.466 e. The van der Waals surface area contributed by atoms with E-state index >= 15 is 0 Å².